The fourth-order valence-electron chi connectivity index (χ4n) is 3.65. The van der Waals surface area contributed by atoms with Gasteiger partial charge in [0.1, 0.15) is 6.61 Å². The van der Waals surface area contributed by atoms with Crippen LogP contribution in [0.2, 0.25) is 0 Å². The monoisotopic (exact) mass is 246 g/mol. The molecule has 1 aliphatic heterocycles. The van der Waals surface area contributed by atoms with Crippen LogP contribution in [0.1, 0.15) is 34.1 Å². The molecule has 0 amide bonds. The number of esters is 1. The molecule has 1 heterocycles. The molecule has 0 spiro atoms. The minimum absolute atomic E-state index is 0.112. The third-order valence-corrected chi connectivity index (χ3v) is 4.64. The Morgan fingerprint density at radius 1 is 1.28 bits per heavy atom. The van der Waals surface area contributed by atoms with Crippen molar-refractivity contribution in [3.05, 3.63) is 22.8 Å². The van der Waals surface area contributed by atoms with Crippen LogP contribution in [0.5, 0.6) is 0 Å². The van der Waals surface area contributed by atoms with E-state index in [-0.39, 0.29) is 23.1 Å². The normalized spacial score (nSPS) is 37.3. The number of carbonyl (C=O) groups excluding carboxylic acids is 2. The van der Waals surface area contributed by atoms with Crippen LogP contribution >= 0.6 is 0 Å². The molecule has 1 saturated carbocycles. The maximum Gasteiger partial charge on any atom is 0.335 e. The molecule has 2 aliphatic carbocycles. The van der Waals surface area contributed by atoms with Gasteiger partial charge in [0.25, 0.3) is 0 Å². The van der Waals surface area contributed by atoms with Gasteiger partial charge in [-0.05, 0) is 25.8 Å². The summed E-state index contributed by atoms with van der Waals surface area (Å²) in [6, 6.07) is 0. The molecule has 3 aliphatic rings. The van der Waals surface area contributed by atoms with E-state index in [0.717, 1.165) is 23.1 Å². The quantitative estimate of drug-likeness (QED) is 0.616. The summed E-state index contributed by atoms with van der Waals surface area (Å²) in [5.74, 6) is 0.134. The Morgan fingerprint density at radius 3 is 2.61 bits per heavy atom. The first-order valence-corrected chi connectivity index (χ1v) is 6.42. The van der Waals surface area contributed by atoms with E-state index in [9.17, 15) is 9.59 Å². The van der Waals surface area contributed by atoms with E-state index in [2.05, 4.69) is 0 Å². The summed E-state index contributed by atoms with van der Waals surface area (Å²) < 4.78 is 5.17. The number of carbonyl (C=O) groups is 2. The lowest BCUT2D eigenvalue weighted by Gasteiger charge is -2.28. The molecule has 3 rings (SSSR count). The summed E-state index contributed by atoms with van der Waals surface area (Å²) in [6.07, 6.45) is 2.79. The lowest BCUT2D eigenvalue weighted by atomic mass is 9.71. The van der Waals surface area contributed by atoms with Gasteiger partial charge in [0.2, 0.25) is 0 Å². The fourth-order valence-corrected chi connectivity index (χ4v) is 3.65. The maximum atomic E-state index is 12.4. The molecule has 96 valence electrons. The second kappa shape index (κ2) is 3.14. The first-order chi connectivity index (χ1) is 8.26. The zero-order valence-electron chi connectivity index (χ0n) is 11.3. The van der Waals surface area contributed by atoms with Gasteiger partial charge in [-0.2, -0.15) is 0 Å². The van der Waals surface area contributed by atoms with Gasteiger partial charge in [0.05, 0.1) is 5.41 Å². The molecule has 0 aromatic carbocycles. The Kier molecular flexibility index (Phi) is 2.04. The largest absolute Gasteiger partial charge is 0.461 e. The summed E-state index contributed by atoms with van der Waals surface area (Å²) >= 11 is 0. The van der Waals surface area contributed by atoms with Crippen LogP contribution in [0.25, 0.3) is 0 Å². The molecule has 2 atom stereocenters. The van der Waals surface area contributed by atoms with Crippen molar-refractivity contribution in [2.45, 2.75) is 34.1 Å². The number of ether oxygens (including phenoxy) is 1. The zero-order valence-corrected chi connectivity index (χ0v) is 11.3. The van der Waals surface area contributed by atoms with E-state index in [4.69, 9.17) is 4.74 Å². The second-order valence-corrected chi connectivity index (χ2v) is 6.62. The minimum Gasteiger partial charge on any atom is -0.461 e. The van der Waals surface area contributed by atoms with E-state index in [1.165, 1.54) is 0 Å². The lowest BCUT2D eigenvalue weighted by Crippen LogP contribution is -2.26. The van der Waals surface area contributed by atoms with Crippen molar-refractivity contribution in [3.63, 3.8) is 0 Å². The highest BCUT2D eigenvalue weighted by molar-refractivity contribution is 6.05. The summed E-state index contributed by atoms with van der Waals surface area (Å²) in [7, 11) is 0. The molecule has 0 aromatic heterocycles. The van der Waals surface area contributed by atoms with Gasteiger partial charge in [-0.15, -0.1) is 0 Å². The highest BCUT2D eigenvalue weighted by Crippen LogP contribution is 2.53. The summed E-state index contributed by atoms with van der Waals surface area (Å²) in [5.41, 5.74) is 2.00. The Bertz CT molecular complexity index is 536. The van der Waals surface area contributed by atoms with E-state index in [0.29, 0.717) is 6.61 Å². The van der Waals surface area contributed by atoms with Crippen LogP contribution < -0.4 is 0 Å². The molecule has 1 saturated heterocycles. The molecule has 3 nitrogen and oxygen atoms in total. The second-order valence-electron chi connectivity index (χ2n) is 6.62. The highest BCUT2D eigenvalue weighted by atomic mass is 16.5. The fraction of sp³-hybridized carbons (Fsp3) is 0.600. The Balaban J connectivity index is 2.18. The predicted octanol–water partition coefficient (Wildman–Crippen LogP) is 2.42. The van der Waals surface area contributed by atoms with E-state index in [1.54, 1.807) is 0 Å². The number of allylic oxidation sites excluding steroid dienone is 2. The number of ketones is 1. The first-order valence-electron chi connectivity index (χ1n) is 6.42. The average Bonchev–Trinajstić information content (AvgIpc) is 2.68. The Hall–Kier alpha value is -1.38. The molecule has 0 radical (unpaired) electrons. The molecule has 18 heavy (non-hydrogen) atoms. The van der Waals surface area contributed by atoms with Crippen LogP contribution in [0.3, 0.4) is 0 Å². The van der Waals surface area contributed by atoms with Crippen LogP contribution in [0, 0.1) is 16.7 Å². The lowest BCUT2D eigenvalue weighted by molar-refractivity contribution is -0.135. The molecule has 0 bridgehead atoms. The van der Waals surface area contributed by atoms with E-state index >= 15 is 0 Å². The Labute approximate surface area is 107 Å². The van der Waals surface area contributed by atoms with Crippen LogP contribution in [0.15, 0.2) is 22.8 Å². The van der Waals surface area contributed by atoms with Crippen molar-refractivity contribution in [1.82, 2.24) is 0 Å². The first kappa shape index (κ1) is 11.7. The SMILES string of the molecule is CC1=C2C(=O)OCC2(C)C=C2C(=O)C(C)(C)CC21. The summed E-state index contributed by atoms with van der Waals surface area (Å²) in [6.45, 7) is 8.30. The van der Waals surface area contributed by atoms with Crippen molar-refractivity contribution in [1.29, 1.82) is 0 Å². The molecule has 2 unspecified atom stereocenters. The standard InChI is InChI=1S/C15H18O3/c1-8-9-5-14(2,3)12(16)10(9)6-15(4)7-18-13(17)11(8)15/h6,9H,5,7H2,1-4H3. The third-order valence-electron chi connectivity index (χ3n) is 4.64. The van der Waals surface area contributed by atoms with E-state index < -0.39 is 5.41 Å². The van der Waals surface area contributed by atoms with E-state index in [1.807, 2.05) is 33.8 Å². The number of Topliss-reactive ketones (excluding diaryl/α,β-unsaturated/α-hetero) is 1. The third kappa shape index (κ3) is 1.25. The van der Waals surface area contributed by atoms with Crippen molar-refractivity contribution < 1.29 is 14.3 Å². The minimum atomic E-state index is -0.400. The number of cyclic esters (lactones) is 1. The van der Waals surface area contributed by atoms with Crippen molar-refractivity contribution in [3.8, 4) is 0 Å². The number of hydrogen-bond donors (Lipinski definition) is 0. The number of rotatable bonds is 0. The van der Waals surface area contributed by atoms with Gasteiger partial charge in [-0.1, -0.05) is 25.5 Å². The summed E-state index contributed by atoms with van der Waals surface area (Å²) in [4.78, 5) is 24.3. The van der Waals surface area contributed by atoms with Crippen molar-refractivity contribution >= 4 is 11.8 Å². The highest BCUT2D eigenvalue weighted by Gasteiger charge is 2.52. The molecule has 0 N–H and O–H groups in total. The predicted molar refractivity (Wildman–Crippen MR) is 66.7 cm³/mol. The van der Waals surface area contributed by atoms with Gasteiger partial charge < -0.3 is 4.74 Å². The molecular weight excluding hydrogens is 228 g/mol. The van der Waals surface area contributed by atoms with Gasteiger partial charge in [-0.3, -0.25) is 4.79 Å². The van der Waals surface area contributed by atoms with Crippen molar-refractivity contribution in [2.75, 3.05) is 6.61 Å². The molecular formula is C15H18O3. The smallest absolute Gasteiger partial charge is 0.335 e. The zero-order chi connectivity index (χ0) is 13.3. The maximum absolute atomic E-state index is 12.4. The Morgan fingerprint density at radius 2 is 1.94 bits per heavy atom. The van der Waals surface area contributed by atoms with Gasteiger partial charge in [0, 0.05) is 16.9 Å². The topological polar surface area (TPSA) is 43.4 Å². The van der Waals surface area contributed by atoms with Crippen LogP contribution in [-0.2, 0) is 14.3 Å². The molecule has 2 fully saturated rings. The molecule has 0 aromatic rings. The van der Waals surface area contributed by atoms with Crippen LogP contribution in [-0.4, -0.2) is 18.4 Å². The molecule has 3 heteroatoms. The number of fused-ring (bicyclic) bond motifs is 2. The summed E-state index contributed by atoms with van der Waals surface area (Å²) in [5, 5.41) is 0. The van der Waals surface area contributed by atoms with Gasteiger partial charge in [0.15, 0.2) is 5.78 Å². The number of hydrogen-bond acceptors (Lipinski definition) is 3. The van der Waals surface area contributed by atoms with Gasteiger partial charge >= 0.3 is 5.97 Å². The van der Waals surface area contributed by atoms with Crippen molar-refractivity contribution in [2.24, 2.45) is 16.7 Å². The van der Waals surface area contributed by atoms with Crippen LogP contribution in [0.4, 0.5) is 0 Å². The average molecular weight is 246 g/mol. The van der Waals surface area contributed by atoms with Gasteiger partial charge in [-0.25, -0.2) is 4.79 Å².